The molecule has 8 nitrogen and oxygen atoms in total. The Kier molecular flexibility index (Phi) is 6.75. The number of urea groups is 1. The van der Waals surface area contributed by atoms with E-state index in [9.17, 15) is 4.79 Å². The molecule has 0 atom stereocenters. The summed E-state index contributed by atoms with van der Waals surface area (Å²) >= 11 is 6.18. The Balaban J connectivity index is 1.47. The fourth-order valence-electron chi connectivity index (χ4n) is 3.38. The van der Waals surface area contributed by atoms with Crippen molar-refractivity contribution in [3.63, 3.8) is 0 Å². The van der Waals surface area contributed by atoms with Crippen molar-refractivity contribution in [1.29, 1.82) is 0 Å². The zero-order chi connectivity index (χ0) is 23.2. The van der Waals surface area contributed by atoms with Gasteiger partial charge in [-0.3, -0.25) is 4.98 Å². The van der Waals surface area contributed by atoms with E-state index in [0.29, 0.717) is 34.4 Å². The van der Waals surface area contributed by atoms with Gasteiger partial charge in [0.05, 0.1) is 24.9 Å². The molecule has 2 aromatic heterocycles. The minimum absolute atomic E-state index is 0.362. The lowest BCUT2D eigenvalue weighted by atomic mass is 10.2. The molecule has 0 unspecified atom stereocenters. The molecule has 9 heteroatoms. The topological polar surface area (TPSA) is 90.3 Å². The average Bonchev–Trinajstić information content (AvgIpc) is 3.28. The number of rotatable bonds is 7. The molecule has 0 spiro atoms. The minimum atomic E-state index is -0.424. The van der Waals surface area contributed by atoms with Gasteiger partial charge >= 0.3 is 6.03 Å². The highest BCUT2D eigenvalue weighted by molar-refractivity contribution is 6.32. The average molecular weight is 464 g/mol. The quantitative estimate of drug-likeness (QED) is 0.387. The van der Waals surface area contributed by atoms with Gasteiger partial charge < -0.3 is 24.7 Å². The lowest BCUT2D eigenvalue weighted by Gasteiger charge is -2.14. The fraction of sp³-hybridized carbons (Fsp3) is 0.125. The van der Waals surface area contributed by atoms with Crippen molar-refractivity contribution in [2.75, 3.05) is 24.9 Å². The van der Waals surface area contributed by atoms with Crippen LogP contribution in [0.15, 0.2) is 73.3 Å². The molecule has 0 aliphatic heterocycles. The van der Waals surface area contributed by atoms with Crippen LogP contribution in [0.2, 0.25) is 5.02 Å². The Hall–Kier alpha value is -4.04. The van der Waals surface area contributed by atoms with Crippen LogP contribution in [0.25, 0.3) is 11.4 Å². The van der Waals surface area contributed by atoms with Crippen molar-refractivity contribution in [2.45, 2.75) is 6.54 Å². The second kappa shape index (κ2) is 10.1. The highest BCUT2D eigenvalue weighted by Gasteiger charge is 2.13. The summed E-state index contributed by atoms with van der Waals surface area (Å²) in [5.74, 6) is 1.73. The summed E-state index contributed by atoms with van der Waals surface area (Å²) in [4.78, 5) is 21.1. The summed E-state index contributed by atoms with van der Waals surface area (Å²) < 4.78 is 12.6. The number of aromatic nitrogens is 3. The standard InChI is InChI=1S/C24H22ClN5O3/c1-32-21-14-22(33-2)20(13-19(21)25)29-24(31)28-18-5-3-4-16(12-18)15-30-11-10-27-23(30)17-6-8-26-9-7-17/h3-14H,15H2,1-2H3,(H2,28,29,31). The van der Waals surface area contributed by atoms with Crippen molar-refractivity contribution in [3.05, 3.63) is 83.9 Å². The first-order valence-electron chi connectivity index (χ1n) is 10.1. The van der Waals surface area contributed by atoms with Crippen molar-refractivity contribution in [3.8, 4) is 22.9 Å². The number of amides is 2. The number of nitrogens with zero attached hydrogens (tertiary/aromatic N) is 3. The molecular formula is C24H22ClN5O3. The van der Waals surface area contributed by atoms with Crippen LogP contribution in [-0.2, 0) is 6.54 Å². The number of pyridine rings is 1. The van der Waals surface area contributed by atoms with E-state index in [1.807, 2.05) is 47.2 Å². The van der Waals surface area contributed by atoms with Gasteiger partial charge in [-0.15, -0.1) is 0 Å². The molecule has 2 heterocycles. The van der Waals surface area contributed by atoms with Gasteiger partial charge in [-0.05, 0) is 35.9 Å². The molecule has 0 fully saturated rings. The predicted octanol–water partition coefficient (Wildman–Crippen LogP) is 5.31. The third-order valence-electron chi connectivity index (χ3n) is 4.91. The number of anilines is 2. The van der Waals surface area contributed by atoms with Gasteiger partial charge in [0.15, 0.2) is 0 Å². The number of imidazole rings is 1. The summed E-state index contributed by atoms with van der Waals surface area (Å²) in [5, 5.41) is 5.97. The van der Waals surface area contributed by atoms with Crippen molar-refractivity contribution >= 4 is 29.0 Å². The maximum absolute atomic E-state index is 12.6. The molecule has 0 aliphatic carbocycles. The number of benzene rings is 2. The van der Waals surface area contributed by atoms with Crippen molar-refractivity contribution in [2.24, 2.45) is 0 Å². The zero-order valence-corrected chi connectivity index (χ0v) is 18.8. The number of methoxy groups -OCH3 is 2. The summed E-state index contributed by atoms with van der Waals surface area (Å²) in [6.07, 6.45) is 7.16. The van der Waals surface area contributed by atoms with E-state index in [-0.39, 0.29) is 0 Å². The largest absolute Gasteiger partial charge is 0.495 e. The minimum Gasteiger partial charge on any atom is -0.495 e. The Morgan fingerprint density at radius 1 is 1.00 bits per heavy atom. The molecule has 2 amide bonds. The molecule has 0 radical (unpaired) electrons. The lowest BCUT2D eigenvalue weighted by molar-refractivity contribution is 0.262. The molecule has 4 rings (SSSR count). The Morgan fingerprint density at radius 2 is 1.79 bits per heavy atom. The van der Waals surface area contributed by atoms with Crippen LogP contribution >= 0.6 is 11.6 Å². The first-order valence-corrected chi connectivity index (χ1v) is 10.4. The van der Waals surface area contributed by atoms with Gasteiger partial charge in [0.2, 0.25) is 0 Å². The van der Waals surface area contributed by atoms with Gasteiger partial charge in [-0.2, -0.15) is 0 Å². The van der Waals surface area contributed by atoms with Crippen LogP contribution in [0.3, 0.4) is 0 Å². The van der Waals surface area contributed by atoms with E-state index >= 15 is 0 Å². The number of hydrogen-bond acceptors (Lipinski definition) is 5. The van der Waals surface area contributed by atoms with Crippen LogP contribution in [0.5, 0.6) is 11.5 Å². The van der Waals surface area contributed by atoms with Crippen LogP contribution in [-0.4, -0.2) is 34.8 Å². The second-order valence-electron chi connectivity index (χ2n) is 7.08. The van der Waals surface area contributed by atoms with Crippen LogP contribution < -0.4 is 20.1 Å². The monoisotopic (exact) mass is 463 g/mol. The van der Waals surface area contributed by atoms with E-state index in [4.69, 9.17) is 21.1 Å². The maximum atomic E-state index is 12.6. The van der Waals surface area contributed by atoms with Gasteiger partial charge in [-0.1, -0.05) is 23.7 Å². The molecule has 0 saturated carbocycles. The zero-order valence-electron chi connectivity index (χ0n) is 18.1. The molecule has 33 heavy (non-hydrogen) atoms. The number of carbonyl (C=O) groups excluding carboxylic acids is 1. The van der Waals surface area contributed by atoms with E-state index < -0.39 is 6.03 Å². The van der Waals surface area contributed by atoms with Gasteiger partial charge in [0.25, 0.3) is 0 Å². The normalized spacial score (nSPS) is 10.5. The van der Waals surface area contributed by atoms with Crippen molar-refractivity contribution < 1.29 is 14.3 Å². The number of hydrogen-bond donors (Lipinski definition) is 2. The molecule has 2 N–H and O–H groups in total. The van der Waals surface area contributed by atoms with Crippen molar-refractivity contribution in [1.82, 2.24) is 14.5 Å². The summed E-state index contributed by atoms with van der Waals surface area (Å²) in [7, 11) is 3.02. The predicted molar refractivity (Wildman–Crippen MR) is 128 cm³/mol. The Bertz CT molecular complexity index is 1260. The van der Waals surface area contributed by atoms with E-state index in [0.717, 1.165) is 17.0 Å². The molecule has 2 aromatic carbocycles. The summed E-state index contributed by atoms with van der Waals surface area (Å²) in [5.41, 5.74) is 3.06. The first-order chi connectivity index (χ1) is 16.1. The fourth-order valence-corrected chi connectivity index (χ4v) is 3.63. The number of nitrogens with one attached hydrogen (secondary N) is 2. The number of ether oxygens (including phenoxy) is 2. The third-order valence-corrected chi connectivity index (χ3v) is 5.21. The molecule has 4 aromatic rings. The van der Waals surface area contributed by atoms with E-state index in [1.165, 1.54) is 14.2 Å². The molecule has 0 bridgehead atoms. The molecular weight excluding hydrogens is 442 g/mol. The summed E-state index contributed by atoms with van der Waals surface area (Å²) in [6, 6.07) is 14.2. The SMILES string of the molecule is COc1cc(OC)c(NC(=O)Nc2cccc(Cn3ccnc3-c3ccncc3)c2)cc1Cl. The first kappa shape index (κ1) is 22.2. The van der Waals surface area contributed by atoms with Crippen LogP contribution in [0.1, 0.15) is 5.56 Å². The third kappa shape index (κ3) is 5.24. The molecule has 168 valence electrons. The van der Waals surface area contributed by atoms with E-state index in [1.54, 1.807) is 30.7 Å². The van der Waals surface area contributed by atoms with Gasteiger partial charge in [-0.25, -0.2) is 9.78 Å². The maximum Gasteiger partial charge on any atom is 0.323 e. The second-order valence-corrected chi connectivity index (χ2v) is 7.49. The van der Waals surface area contributed by atoms with Crippen LogP contribution in [0.4, 0.5) is 16.2 Å². The van der Waals surface area contributed by atoms with Crippen LogP contribution in [0, 0.1) is 0 Å². The summed E-state index contributed by atoms with van der Waals surface area (Å²) in [6.45, 7) is 0.594. The molecule has 0 saturated heterocycles. The smallest absolute Gasteiger partial charge is 0.323 e. The lowest BCUT2D eigenvalue weighted by Crippen LogP contribution is -2.20. The van der Waals surface area contributed by atoms with Gasteiger partial charge in [0.1, 0.15) is 17.3 Å². The highest BCUT2D eigenvalue weighted by atomic mass is 35.5. The Labute approximate surface area is 196 Å². The highest BCUT2D eigenvalue weighted by Crippen LogP contribution is 2.36. The van der Waals surface area contributed by atoms with Gasteiger partial charge in [0, 0.05) is 48.6 Å². The van der Waals surface area contributed by atoms with E-state index in [2.05, 4.69) is 20.6 Å². The number of carbonyl (C=O) groups is 1. The molecule has 0 aliphatic rings. The Morgan fingerprint density at radius 3 is 2.55 bits per heavy atom. The number of halogens is 1.